The van der Waals surface area contributed by atoms with Gasteiger partial charge in [0.2, 0.25) is 10.0 Å². The molecule has 3 aromatic heterocycles. The van der Waals surface area contributed by atoms with E-state index in [1.165, 1.54) is 18.6 Å². The van der Waals surface area contributed by atoms with E-state index >= 15 is 0 Å². The molecule has 146 valence electrons. The predicted molar refractivity (Wildman–Crippen MR) is 99.6 cm³/mol. The predicted octanol–water partition coefficient (Wildman–Crippen LogP) is 1.05. The lowest BCUT2D eigenvalue weighted by Crippen LogP contribution is -2.32. The number of pyridine rings is 1. The van der Waals surface area contributed by atoms with Crippen LogP contribution in [0.5, 0.6) is 11.8 Å². The fraction of sp³-hybridized carbons (Fsp3) is 0.412. The minimum Gasteiger partial charge on any atom is -0.422 e. The van der Waals surface area contributed by atoms with Crippen molar-refractivity contribution in [2.24, 2.45) is 0 Å². The number of sulfonamides is 1. The summed E-state index contributed by atoms with van der Waals surface area (Å²) >= 11 is 0. The van der Waals surface area contributed by atoms with Gasteiger partial charge in [-0.15, -0.1) is 0 Å². The molecule has 11 heteroatoms. The lowest BCUT2D eigenvalue weighted by molar-refractivity contribution is 0.426. The fourth-order valence-electron chi connectivity index (χ4n) is 3.44. The molecular formula is C17H18N6O4S. The molecule has 5 rings (SSSR count). The SMILES string of the molecule is O=c1[nH]c(Oc2cnn([C@@H]3CCN(S(=O)(=O)C4CC4)C3)c2)nc2cnccc12. The maximum Gasteiger partial charge on any atom is 0.302 e. The molecule has 1 saturated heterocycles. The molecule has 0 bridgehead atoms. The molecule has 1 atom stereocenters. The van der Waals surface area contributed by atoms with Crippen molar-refractivity contribution in [2.45, 2.75) is 30.6 Å². The molecule has 0 radical (unpaired) electrons. The van der Waals surface area contributed by atoms with Crippen LogP contribution >= 0.6 is 0 Å². The lowest BCUT2D eigenvalue weighted by Gasteiger charge is -2.16. The zero-order valence-corrected chi connectivity index (χ0v) is 15.7. The topological polar surface area (TPSA) is 123 Å². The highest BCUT2D eigenvalue weighted by atomic mass is 32.2. The molecule has 1 saturated carbocycles. The van der Waals surface area contributed by atoms with E-state index in [4.69, 9.17) is 4.74 Å². The molecule has 2 fully saturated rings. The van der Waals surface area contributed by atoms with E-state index in [-0.39, 0.29) is 22.9 Å². The van der Waals surface area contributed by atoms with Crippen LogP contribution in [0.3, 0.4) is 0 Å². The smallest absolute Gasteiger partial charge is 0.302 e. The Balaban J connectivity index is 1.32. The van der Waals surface area contributed by atoms with E-state index < -0.39 is 10.0 Å². The highest BCUT2D eigenvalue weighted by Crippen LogP contribution is 2.35. The first-order valence-corrected chi connectivity index (χ1v) is 10.6. The summed E-state index contributed by atoms with van der Waals surface area (Å²) in [4.78, 5) is 22.9. The number of aromatic nitrogens is 5. The van der Waals surface area contributed by atoms with Gasteiger partial charge in [-0.25, -0.2) is 8.42 Å². The quantitative estimate of drug-likeness (QED) is 0.676. The highest BCUT2D eigenvalue weighted by Gasteiger charge is 2.43. The van der Waals surface area contributed by atoms with Gasteiger partial charge in [0, 0.05) is 19.3 Å². The van der Waals surface area contributed by atoms with E-state index in [9.17, 15) is 13.2 Å². The van der Waals surface area contributed by atoms with Gasteiger partial charge in [0.15, 0.2) is 5.75 Å². The van der Waals surface area contributed by atoms with Gasteiger partial charge in [0.1, 0.15) is 0 Å². The first-order valence-electron chi connectivity index (χ1n) is 9.06. The summed E-state index contributed by atoms with van der Waals surface area (Å²) < 4.78 is 33.7. The van der Waals surface area contributed by atoms with Gasteiger partial charge in [-0.3, -0.25) is 19.4 Å². The minimum absolute atomic E-state index is 0.0429. The van der Waals surface area contributed by atoms with Gasteiger partial charge >= 0.3 is 6.01 Å². The van der Waals surface area contributed by atoms with Crippen LogP contribution in [0.15, 0.2) is 35.6 Å². The molecule has 2 aliphatic rings. The molecule has 4 heterocycles. The molecule has 1 aliphatic carbocycles. The van der Waals surface area contributed by atoms with Crippen LogP contribution in [0, 0.1) is 0 Å². The molecule has 10 nitrogen and oxygen atoms in total. The largest absolute Gasteiger partial charge is 0.422 e. The third-order valence-corrected chi connectivity index (χ3v) is 7.45. The second-order valence-corrected chi connectivity index (χ2v) is 9.28. The molecule has 0 aromatic carbocycles. The molecule has 28 heavy (non-hydrogen) atoms. The Bertz CT molecular complexity index is 1200. The number of aromatic amines is 1. The number of fused-ring (bicyclic) bond motifs is 1. The summed E-state index contributed by atoms with van der Waals surface area (Å²) in [6, 6.07) is 1.60. The van der Waals surface area contributed by atoms with Crippen molar-refractivity contribution in [3.8, 4) is 11.8 Å². The molecular weight excluding hydrogens is 384 g/mol. The van der Waals surface area contributed by atoms with Crippen LogP contribution in [0.2, 0.25) is 0 Å². The highest BCUT2D eigenvalue weighted by molar-refractivity contribution is 7.90. The van der Waals surface area contributed by atoms with Crippen molar-refractivity contribution in [1.29, 1.82) is 0 Å². The number of rotatable bonds is 5. The van der Waals surface area contributed by atoms with Crippen LogP contribution in [-0.4, -0.2) is 55.8 Å². The Morgan fingerprint density at radius 2 is 2.07 bits per heavy atom. The Kier molecular flexibility index (Phi) is 3.95. The second kappa shape index (κ2) is 6.38. The van der Waals surface area contributed by atoms with E-state index in [0.29, 0.717) is 36.2 Å². The number of hydrogen-bond acceptors (Lipinski definition) is 7. The Labute approximate surface area is 160 Å². The maximum absolute atomic E-state index is 12.4. The average molecular weight is 402 g/mol. The van der Waals surface area contributed by atoms with Crippen molar-refractivity contribution < 1.29 is 13.2 Å². The normalized spacial score (nSPS) is 20.6. The Morgan fingerprint density at radius 3 is 2.89 bits per heavy atom. The van der Waals surface area contributed by atoms with Crippen LogP contribution < -0.4 is 10.3 Å². The monoisotopic (exact) mass is 402 g/mol. The molecule has 0 amide bonds. The number of ether oxygens (including phenoxy) is 1. The van der Waals surface area contributed by atoms with Crippen molar-refractivity contribution in [3.05, 3.63) is 41.2 Å². The second-order valence-electron chi connectivity index (χ2n) is 7.07. The summed E-state index contributed by atoms with van der Waals surface area (Å²) in [6.07, 6.45) is 8.44. The maximum atomic E-state index is 12.4. The first-order chi connectivity index (χ1) is 13.5. The van der Waals surface area contributed by atoms with Gasteiger partial charge in [-0.1, -0.05) is 0 Å². The van der Waals surface area contributed by atoms with E-state index in [1.54, 1.807) is 21.3 Å². The van der Waals surface area contributed by atoms with Gasteiger partial charge in [0.05, 0.1) is 40.8 Å². The van der Waals surface area contributed by atoms with Crippen LogP contribution in [0.4, 0.5) is 0 Å². The number of H-pyrrole nitrogens is 1. The summed E-state index contributed by atoms with van der Waals surface area (Å²) in [6.45, 7) is 0.919. The zero-order valence-electron chi connectivity index (χ0n) is 14.9. The summed E-state index contributed by atoms with van der Waals surface area (Å²) in [5.74, 6) is 0.412. The van der Waals surface area contributed by atoms with Crippen molar-refractivity contribution in [1.82, 2.24) is 29.0 Å². The van der Waals surface area contributed by atoms with Crippen LogP contribution in [0.25, 0.3) is 10.9 Å². The standard InChI is InChI=1S/C17H18N6O4S/c24-16-14-3-5-18-8-15(14)20-17(21-16)27-12-7-19-23(10-12)11-4-6-22(9-11)28(25,26)13-1-2-13/h3,5,7-8,10-11,13H,1-2,4,6,9H2,(H,20,21,24)/t11-/m1/s1. The van der Waals surface area contributed by atoms with E-state index in [0.717, 1.165) is 12.8 Å². The van der Waals surface area contributed by atoms with Crippen molar-refractivity contribution in [3.63, 3.8) is 0 Å². The van der Waals surface area contributed by atoms with Gasteiger partial charge < -0.3 is 4.74 Å². The number of nitrogens with one attached hydrogen (secondary N) is 1. The van der Waals surface area contributed by atoms with Crippen LogP contribution in [-0.2, 0) is 10.0 Å². The van der Waals surface area contributed by atoms with E-state index in [2.05, 4.69) is 20.1 Å². The molecule has 0 spiro atoms. The number of nitrogens with zero attached hydrogens (tertiary/aromatic N) is 5. The third kappa shape index (κ3) is 3.06. The Morgan fingerprint density at radius 1 is 1.21 bits per heavy atom. The molecule has 1 N–H and O–H groups in total. The fourth-order valence-corrected chi connectivity index (χ4v) is 5.33. The first kappa shape index (κ1) is 17.3. The summed E-state index contributed by atoms with van der Waals surface area (Å²) in [5, 5.41) is 4.52. The zero-order chi connectivity index (χ0) is 19.3. The molecule has 0 unspecified atom stereocenters. The van der Waals surface area contributed by atoms with Crippen molar-refractivity contribution >= 4 is 20.9 Å². The lowest BCUT2D eigenvalue weighted by atomic mass is 10.3. The third-order valence-electron chi connectivity index (χ3n) is 5.09. The van der Waals surface area contributed by atoms with Crippen molar-refractivity contribution in [2.75, 3.05) is 13.1 Å². The van der Waals surface area contributed by atoms with Crippen LogP contribution in [0.1, 0.15) is 25.3 Å². The minimum atomic E-state index is -3.17. The summed E-state index contributed by atoms with van der Waals surface area (Å²) in [7, 11) is -3.17. The summed E-state index contributed by atoms with van der Waals surface area (Å²) in [5.41, 5.74) is 0.122. The molecule has 1 aliphatic heterocycles. The number of hydrogen-bond donors (Lipinski definition) is 1. The Hall–Kier alpha value is -2.79. The average Bonchev–Trinajstić information content (AvgIpc) is 3.25. The van der Waals surface area contributed by atoms with Gasteiger partial charge in [-0.2, -0.15) is 14.4 Å². The van der Waals surface area contributed by atoms with E-state index in [1.807, 2.05) is 0 Å². The van der Waals surface area contributed by atoms with Gasteiger partial charge in [-0.05, 0) is 25.3 Å². The van der Waals surface area contributed by atoms with Gasteiger partial charge in [0.25, 0.3) is 5.56 Å². The molecule has 3 aromatic rings.